The van der Waals surface area contributed by atoms with E-state index in [1.54, 1.807) is 19.9 Å². The molecule has 0 spiro atoms. The topological polar surface area (TPSA) is 49.7 Å². The molecule has 0 atom stereocenters. The van der Waals surface area contributed by atoms with Gasteiger partial charge in [0.25, 0.3) is 0 Å². The van der Waals surface area contributed by atoms with Gasteiger partial charge in [-0.1, -0.05) is 31.7 Å². The monoisotopic (exact) mass is 405 g/mol. The molecule has 0 saturated heterocycles. The number of hydrogen-bond donors (Lipinski definition) is 1. The minimum atomic E-state index is -4.39. The Morgan fingerprint density at radius 1 is 1.10 bits per heavy atom. The van der Waals surface area contributed by atoms with E-state index in [1.165, 1.54) is 31.3 Å². The summed E-state index contributed by atoms with van der Waals surface area (Å²) >= 11 is 0. The van der Waals surface area contributed by atoms with Crippen LogP contribution in [-0.2, 0) is 11.0 Å². The van der Waals surface area contributed by atoms with Crippen LogP contribution >= 0.6 is 0 Å². The van der Waals surface area contributed by atoms with E-state index in [0.717, 1.165) is 24.1 Å². The first-order valence-corrected chi connectivity index (χ1v) is 9.14. The Balaban J connectivity index is 3.09. The quantitative estimate of drug-likeness (QED) is 0.232. The van der Waals surface area contributed by atoms with Crippen molar-refractivity contribution in [1.82, 2.24) is 0 Å². The Morgan fingerprint density at radius 2 is 1.66 bits per heavy atom. The van der Waals surface area contributed by atoms with Gasteiger partial charge in [-0.05, 0) is 67.7 Å². The zero-order valence-electron chi connectivity index (χ0n) is 17.1. The highest BCUT2D eigenvalue weighted by Gasteiger charge is 2.29. The molecule has 1 aromatic carbocycles. The standard InChI is InChI=1S/C23H26F3NO2/c1-6-11-27-14-21(18(5)28)22(29)13-16(3)15(2)12-17(4)19-7-9-20(10-8-19)23(24,25)26/h7-10,12-14,29H,4,6,11H2,1-3,5H3/b15-12+,16-13+,22-21-,27-14?. The summed E-state index contributed by atoms with van der Waals surface area (Å²) in [5.41, 5.74) is 1.91. The second-order valence-electron chi connectivity index (χ2n) is 6.65. The molecule has 0 radical (unpaired) electrons. The first-order valence-electron chi connectivity index (χ1n) is 9.14. The average Bonchev–Trinajstić information content (AvgIpc) is 2.64. The molecule has 0 saturated carbocycles. The first kappa shape index (κ1) is 24.1. The van der Waals surface area contributed by atoms with Crippen LogP contribution in [0.15, 0.2) is 70.5 Å². The van der Waals surface area contributed by atoms with E-state index in [9.17, 15) is 23.1 Å². The van der Waals surface area contributed by atoms with Gasteiger partial charge >= 0.3 is 6.18 Å². The van der Waals surface area contributed by atoms with Crippen LogP contribution in [0.5, 0.6) is 0 Å². The van der Waals surface area contributed by atoms with Crippen LogP contribution < -0.4 is 0 Å². The summed E-state index contributed by atoms with van der Waals surface area (Å²) < 4.78 is 38.0. The number of allylic oxidation sites excluding steroid dienone is 6. The maximum atomic E-state index is 12.7. The Labute approximate surface area is 169 Å². The molecule has 0 aromatic heterocycles. The highest BCUT2D eigenvalue weighted by molar-refractivity contribution is 6.12. The summed E-state index contributed by atoms with van der Waals surface area (Å²) in [4.78, 5) is 15.8. The second-order valence-corrected chi connectivity index (χ2v) is 6.65. The predicted octanol–water partition coefficient (Wildman–Crippen LogP) is 6.49. The number of aliphatic imine (C=N–C) groups is 1. The van der Waals surface area contributed by atoms with Crippen LogP contribution in [0.2, 0.25) is 0 Å². The van der Waals surface area contributed by atoms with E-state index >= 15 is 0 Å². The molecule has 29 heavy (non-hydrogen) atoms. The summed E-state index contributed by atoms with van der Waals surface area (Å²) in [7, 11) is 0. The maximum absolute atomic E-state index is 12.7. The van der Waals surface area contributed by atoms with Crippen molar-refractivity contribution < 1.29 is 23.1 Å². The SMILES string of the molecule is C=C(/C=C(C)/C(C)=C/C(O)=C(\C=NCCC)C(C)=O)c1ccc(C(F)(F)F)cc1. The number of benzene rings is 1. The van der Waals surface area contributed by atoms with E-state index in [4.69, 9.17) is 0 Å². The zero-order valence-corrected chi connectivity index (χ0v) is 17.1. The number of hydrogen-bond acceptors (Lipinski definition) is 3. The third kappa shape index (κ3) is 7.56. The third-order valence-electron chi connectivity index (χ3n) is 4.18. The number of ketones is 1. The van der Waals surface area contributed by atoms with Gasteiger partial charge in [0.2, 0.25) is 0 Å². The summed E-state index contributed by atoms with van der Waals surface area (Å²) in [6, 6.07) is 4.75. The third-order valence-corrected chi connectivity index (χ3v) is 4.18. The lowest BCUT2D eigenvalue weighted by Gasteiger charge is -2.09. The number of carbonyl (C=O) groups excluding carboxylic acids is 1. The molecule has 6 heteroatoms. The Hall–Kier alpha value is -2.89. The molecule has 3 nitrogen and oxygen atoms in total. The molecule has 1 rings (SSSR count). The number of Topliss-reactive ketones (excluding diaryl/α,β-unsaturated/α-hetero) is 1. The normalized spacial score (nSPS) is 14.2. The number of nitrogens with zero attached hydrogens (tertiary/aromatic N) is 1. The maximum Gasteiger partial charge on any atom is 0.416 e. The summed E-state index contributed by atoms with van der Waals surface area (Å²) in [5.74, 6) is -0.495. The van der Waals surface area contributed by atoms with Crippen LogP contribution in [0, 0.1) is 0 Å². The number of alkyl halides is 3. The van der Waals surface area contributed by atoms with Gasteiger partial charge in [0.1, 0.15) is 5.76 Å². The minimum absolute atomic E-state index is 0.118. The van der Waals surface area contributed by atoms with Crippen LogP contribution in [-0.4, -0.2) is 23.6 Å². The van der Waals surface area contributed by atoms with Gasteiger partial charge in [0.05, 0.1) is 11.1 Å². The molecule has 0 amide bonds. The smallest absolute Gasteiger partial charge is 0.416 e. The molecule has 0 fully saturated rings. The molecule has 0 aliphatic carbocycles. The van der Waals surface area contributed by atoms with Crippen molar-refractivity contribution in [3.63, 3.8) is 0 Å². The van der Waals surface area contributed by atoms with Crippen molar-refractivity contribution in [2.75, 3.05) is 6.54 Å². The van der Waals surface area contributed by atoms with E-state index in [1.807, 2.05) is 6.92 Å². The lowest BCUT2D eigenvalue weighted by atomic mass is 10.00. The van der Waals surface area contributed by atoms with E-state index in [-0.39, 0.29) is 17.1 Å². The van der Waals surface area contributed by atoms with Crippen LogP contribution in [0.4, 0.5) is 13.2 Å². The Kier molecular flexibility index (Phi) is 8.83. The highest BCUT2D eigenvalue weighted by atomic mass is 19.4. The number of rotatable bonds is 8. The molecule has 0 bridgehead atoms. The molecule has 0 aliphatic heterocycles. The molecular formula is C23H26F3NO2. The largest absolute Gasteiger partial charge is 0.507 e. The average molecular weight is 405 g/mol. The van der Waals surface area contributed by atoms with Crippen LogP contribution in [0.25, 0.3) is 5.57 Å². The van der Waals surface area contributed by atoms with Gasteiger partial charge in [-0.25, -0.2) is 0 Å². The number of carbonyl (C=O) groups is 1. The molecule has 156 valence electrons. The van der Waals surface area contributed by atoms with Crippen molar-refractivity contribution in [3.05, 3.63) is 76.6 Å². The Bertz CT molecular complexity index is 870. The molecular weight excluding hydrogens is 379 g/mol. The van der Waals surface area contributed by atoms with Crippen LogP contribution in [0.3, 0.4) is 0 Å². The number of aliphatic hydroxyl groups excluding tert-OH is 1. The van der Waals surface area contributed by atoms with Gasteiger partial charge in [-0.2, -0.15) is 13.2 Å². The van der Waals surface area contributed by atoms with Gasteiger partial charge in [-0.15, -0.1) is 0 Å². The van der Waals surface area contributed by atoms with Gasteiger partial charge in [0.15, 0.2) is 5.78 Å². The lowest BCUT2D eigenvalue weighted by Crippen LogP contribution is -2.04. The predicted molar refractivity (Wildman–Crippen MR) is 112 cm³/mol. The summed E-state index contributed by atoms with van der Waals surface area (Å²) in [5, 5.41) is 10.3. The summed E-state index contributed by atoms with van der Waals surface area (Å²) in [6.07, 6.45) is 0.973. The fourth-order valence-corrected chi connectivity index (χ4v) is 2.35. The van der Waals surface area contributed by atoms with Crippen LogP contribution in [0.1, 0.15) is 45.2 Å². The number of halogens is 3. The van der Waals surface area contributed by atoms with E-state index in [0.29, 0.717) is 23.3 Å². The lowest BCUT2D eigenvalue weighted by molar-refractivity contribution is -0.137. The van der Waals surface area contributed by atoms with Crippen molar-refractivity contribution >= 4 is 17.6 Å². The van der Waals surface area contributed by atoms with Gasteiger partial charge in [0, 0.05) is 12.8 Å². The Morgan fingerprint density at radius 3 is 2.14 bits per heavy atom. The second kappa shape index (κ2) is 10.6. The van der Waals surface area contributed by atoms with Crippen molar-refractivity contribution in [2.45, 2.75) is 40.3 Å². The van der Waals surface area contributed by atoms with Crippen molar-refractivity contribution in [1.29, 1.82) is 0 Å². The first-order chi connectivity index (χ1) is 13.5. The number of aliphatic hydroxyl groups is 1. The summed E-state index contributed by atoms with van der Waals surface area (Å²) in [6.45, 7) is 11.3. The molecule has 0 heterocycles. The molecule has 0 unspecified atom stereocenters. The fraction of sp³-hybridized carbons (Fsp3) is 0.304. The van der Waals surface area contributed by atoms with Crippen molar-refractivity contribution in [2.24, 2.45) is 4.99 Å². The molecule has 1 aromatic rings. The zero-order chi connectivity index (χ0) is 22.2. The molecule has 1 N–H and O–H groups in total. The van der Waals surface area contributed by atoms with Crippen molar-refractivity contribution in [3.8, 4) is 0 Å². The molecule has 0 aliphatic rings. The van der Waals surface area contributed by atoms with E-state index < -0.39 is 11.7 Å². The van der Waals surface area contributed by atoms with Gasteiger partial charge in [-0.3, -0.25) is 9.79 Å². The highest BCUT2D eigenvalue weighted by Crippen LogP contribution is 2.30. The van der Waals surface area contributed by atoms with Gasteiger partial charge < -0.3 is 5.11 Å². The van der Waals surface area contributed by atoms with E-state index in [2.05, 4.69) is 11.6 Å². The minimum Gasteiger partial charge on any atom is -0.507 e. The fourth-order valence-electron chi connectivity index (χ4n) is 2.35.